The third kappa shape index (κ3) is 3.57. The second-order valence-corrected chi connectivity index (χ2v) is 5.92. The lowest BCUT2D eigenvalue weighted by molar-refractivity contribution is 0.475. The van der Waals surface area contributed by atoms with Crippen LogP contribution >= 0.6 is 0 Å². The first-order valence-electron chi connectivity index (χ1n) is 8.17. The number of phenols is 1. The van der Waals surface area contributed by atoms with E-state index in [1.807, 2.05) is 12.1 Å². The van der Waals surface area contributed by atoms with Gasteiger partial charge in [-0.25, -0.2) is 4.98 Å². The summed E-state index contributed by atoms with van der Waals surface area (Å²) in [6.45, 7) is 0. The molecule has 1 aliphatic rings. The number of aromatic hydroxyl groups is 1. The maximum atomic E-state index is 9.29. The van der Waals surface area contributed by atoms with Gasteiger partial charge in [-0.05, 0) is 54.7 Å². The van der Waals surface area contributed by atoms with E-state index in [9.17, 15) is 5.11 Å². The van der Waals surface area contributed by atoms with Crippen LogP contribution in [0, 0.1) is 16.7 Å². The number of nitrogens with one attached hydrogen (secondary N) is 1. The lowest BCUT2D eigenvalue weighted by Crippen LogP contribution is -2.04. The summed E-state index contributed by atoms with van der Waals surface area (Å²) in [7, 11) is 0. The second kappa shape index (κ2) is 7.53. The van der Waals surface area contributed by atoms with Crippen LogP contribution in [0.3, 0.4) is 0 Å². The van der Waals surface area contributed by atoms with Crippen molar-refractivity contribution in [2.45, 2.75) is 19.3 Å². The number of rotatable bonds is 2. The molecule has 26 heavy (non-hydrogen) atoms. The molecule has 4 N–H and O–H groups in total. The molecule has 1 aliphatic carbocycles. The first kappa shape index (κ1) is 17.2. The van der Waals surface area contributed by atoms with Gasteiger partial charge in [-0.3, -0.25) is 5.41 Å². The highest BCUT2D eigenvalue weighted by Crippen LogP contribution is 2.24. The van der Waals surface area contributed by atoms with E-state index in [4.69, 9.17) is 20.8 Å². The molecule has 1 aromatic heterocycles. The van der Waals surface area contributed by atoms with Gasteiger partial charge in [0, 0.05) is 11.3 Å². The Kier molecular flexibility index (Phi) is 4.99. The number of fused-ring (bicyclic) bond motifs is 1. The molecule has 0 aliphatic heterocycles. The van der Waals surface area contributed by atoms with Crippen molar-refractivity contribution in [2.75, 3.05) is 5.73 Å². The molecule has 0 spiro atoms. The molecule has 3 aromatic rings. The summed E-state index contributed by atoms with van der Waals surface area (Å²) in [6, 6.07) is 12.7. The van der Waals surface area contributed by atoms with Gasteiger partial charge >= 0.3 is 0 Å². The minimum atomic E-state index is 0.0588. The number of oxazole rings is 1. The molecule has 0 fully saturated rings. The molecule has 6 heteroatoms. The van der Waals surface area contributed by atoms with E-state index >= 15 is 0 Å². The maximum absolute atomic E-state index is 9.29. The normalized spacial score (nSPS) is 11.8. The van der Waals surface area contributed by atoms with E-state index in [0.29, 0.717) is 17.0 Å². The van der Waals surface area contributed by atoms with Gasteiger partial charge < -0.3 is 15.3 Å². The van der Waals surface area contributed by atoms with Crippen LogP contribution in [0.15, 0.2) is 53.4 Å². The Labute approximate surface area is 151 Å². The molecule has 1 heterocycles. The zero-order valence-electron chi connectivity index (χ0n) is 14.1. The van der Waals surface area contributed by atoms with E-state index in [1.165, 1.54) is 48.3 Å². The van der Waals surface area contributed by atoms with E-state index in [0.717, 1.165) is 18.4 Å². The number of nitrogens with zero attached hydrogens (tertiary/aromatic N) is 2. The van der Waals surface area contributed by atoms with Crippen molar-refractivity contribution in [1.82, 2.24) is 4.98 Å². The average molecular weight is 346 g/mol. The van der Waals surface area contributed by atoms with E-state index in [-0.39, 0.29) is 11.5 Å². The molecule has 0 atom stereocenters. The fourth-order valence-corrected chi connectivity index (χ4v) is 2.96. The Morgan fingerprint density at radius 1 is 1.27 bits per heavy atom. The zero-order valence-corrected chi connectivity index (χ0v) is 14.1. The number of hydrogen-bond acceptors (Lipinski definition) is 6. The average Bonchev–Trinajstić information content (AvgIpc) is 3.35. The van der Waals surface area contributed by atoms with Gasteiger partial charge in [0.05, 0.1) is 17.8 Å². The number of aryl methyl sites for hydroxylation is 1. The van der Waals surface area contributed by atoms with Crippen molar-refractivity contribution in [3.05, 3.63) is 77.0 Å². The molecule has 0 radical (unpaired) electrons. The van der Waals surface area contributed by atoms with Crippen LogP contribution in [0.2, 0.25) is 0 Å². The van der Waals surface area contributed by atoms with Gasteiger partial charge in [-0.15, -0.1) is 0 Å². The standard InChI is InChI=1S/C10H9N3O2.C10H9N/c11-8-2-1-6(14)3-7(8)10(12)9-4-13-5-15-9;11-7-9-5-1-3-8-4-2-6-10(8)9/h1-5,12,14H,11H2;1,3,5H,2,4,6H2. The summed E-state index contributed by atoms with van der Waals surface area (Å²) < 4.78 is 4.97. The van der Waals surface area contributed by atoms with Crippen molar-refractivity contribution >= 4 is 11.4 Å². The number of nitriles is 1. The van der Waals surface area contributed by atoms with Crippen molar-refractivity contribution in [1.29, 1.82) is 10.7 Å². The number of hydrogen-bond donors (Lipinski definition) is 3. The summed E-state index contributed by atoms with van der Waals surface area (Å²) in [5.74, 6) is 0.371. The molecular weight excluding hydrogens is 328 g/mol. The number of aromatic nitrogens is 1. The molecule has 6 nitrogen and oxygen atoms in total. The predicted molar refractivity (Wildman–Crippen MR) is 98.1 cm³/mol. The number of nitrogen functional groups attached to an aromatic ring is 1. The molecule has 130 valence electrons. The lowest BCUT2D eigenvalue weighted by Gasteiger charge is -2.05. The SMILES string of the molecule is N#Cc1cccc2c1CCC2.N=C(c1cnco1)c1cc(O)ccc1N. The predicted octanol–water partition coefficient (Wildman–Crippen LogP) is 3.43. The van der Waals surface area contributed by atoms with Crippen LogP contribution in [0.25, 0.3) is 0 Å². The Morgan fingerprint density at radius 2 is 2.12 bits per heavy atom. The van der Waals surface area contributed by atoms with E-state index in [1.54, 1.807) is 0 Å². The quantitative estimate of drug-likeness (QED) is 0.373. The van der Waals surface area contributed by atoms with Crippen LogP contribution in [0.5, 0.6) is 5.75 Å². The molecule has 0 amide bonds. The third-order valence-corrected chi connectivity index (χ3v) is 4.25. The smallest absolute Gasteiger partial charge is 0.181 e. The Bertz CT molecular complexity index is 972. The molecule has 0 unspecified atom stereocenters. The maximum Gasteiger partial charge on any atom is 0.181 e. The fraction of sp³-hybridized carbons (Fsp3) is 0.150. The summed E-state index contributed by atoms with van der Waals surface area (Å²) >= 11 is 0. The Hall–Kier alpha value is -3.59. The number of phenolic OH excluding ortho intramolecular Hbond substituents is 1. The van der Waals surface area contributed by atoms with Crippen molar-refractivity contribution in [3.8, 4) is 11.8 Å². The minimum absolute atomic E-state index is 0.0588. The van der Waals surface area contributed by atoms with Crippen LogP contribution in [0.1, 0.15) is 34.4 Å². The van der Waals surface area contributed by atoms with Crippen LogP contribution in [-0.4, -0.2) is 15.8 Å². The van der Waals surface area contributed by atoms with Gasteiger partial charge in [-0.1, -0.05) is 12.1 Å². The van der Waals surface area contributed by atoms with Gasteiger partial charge in [0.25, 0.3) is 0 Å². The molecule has 0 saturated carbocycles. The minimum Gasteiger partial charge on any atom is -0.508 e. The Morgan fingerprint density at radius 3 is 2.85 bits per heavy atom. The van der Waals surface area contributed by atoms with Gasteiger partial charge in [0.2, 0.25) is 0 Å². The zero-order chi connectivity index (χ0) is 18.5. The first-order valence-corrected chi connectivity index (χ1v) is 8.17. The van der Waals surface area contributed by atoms with Gasteiger partial charge in [0.1, 0.15) is 11.5 Å². The van der Waals surface area contributed by atoms with Gasteiger partial charge in [0.15, 0.2) is 12.2 Å². The molecule has 0 saturated heterocycles. The second-order valence-electron chi connectivity index (χ2n) is 5.92. The Balaban J connectivity index is 0.000000158. The molecule has 2 aromatic carbocycles. The number of anilines is 1. The summed E-state index contributed by atoms with van der Waals surface area (Å²) in [5.41, 5.74) is 10.2. The highest BCUT2D eigenvalue weighted by molar-refractivity contribution is 6.12. The first-order chi connectivity index (χ1) is 12.6. The number of nitrogens with two attached hydrogens (primary N) is 1. The molecule has 4 rings (SSSR count). The van der Waals surface area contributed by atoms with Crippen molar-refractivity contribution in [2.24, 2.45) is 0 Å². The highest BCUT2D eigenvalue weighted by atomic mass is 16.3. The van der Waals surface area contributed by atoms with Crippen molar-refractivity contribution in [3.63, 3.8) is 0 Å². The largest absolute Gasteiger partial charge is 0.508 e. The molecular formula is C20H18N4O2. The topological polar surface area (TPSA) is 120 Å². The van der Waals surface area contributed by atoms with Crippen LogP contribution in [-0.2, 0) is 12.8 Å². The fourth-order valence-electron chi connectivity index (χ4n) is 2.96. The van der Waals surface area contributed by atoms with E-state index in [2.05, 4.69) is 17.1 Å². The monoisotopic (exact) mass is 346 g/mol. The highest BCUT2D eigenvalue weighted by Gasteiger charge is 2.13. The summed E-state index contributed by atoms with van der Waals surface area (Å²) in [4.78, 5) is 3.71. The van der Waals surface area contributed by atoms with Crippen LogP contribution in [0.4, 0.5) is 5.69 Å². The lowest BCUT2D eigenvalue weighted by atomic mass is 10.0. The van der Waals surface area contributed by atoms with Crippen molar-refractivity contribution < 1.29 is 9.52 Å². The number of benzene rings is 2. The summed E-state index contributed by atoms with van der Waals surface area (Å²) in [5, 5.41) is 25.8. The summed E-state index contributed by atoms with van der Waals surface area (Å²) in [6.07, 6.45) is 6.13. The molecule has 0 bridgehead atoms. The third-order valence-electron chi connectivity index (χ3n) is 4.25. The van der Waals surface area contributed by atoms with Crippen LogP contribution < -0.4 is 5.73 Å². The van der Waals surface area contributed by atoms with Gasteiger partial charge in [-0.2, -0.15) is 5.26 Å². The van der Waals surface area contributed by atoms with E-state index < -0.39 is 0 Å².